The van der Waals surface area contributed by atoms with Crippen LogP contribution in [0.4, 0.5) is 0 Å². The predicted octanol–water partition coefficient (Wildman–Crippen LogP) is -0.215. The standard InChI is InChI=1S/C17H34N4O2/c1-15-5-4-6-21(11-15)17(23)14-19(3)12-16(22)13-20-9-7-18(2)8-10-20/h15-16,22H,4-14H2,1-3H3. The van der Waals surface area contributed by atoms with Crippen LogP contribution in [0.1, 0.15) is 19.8 Å². The van der Waals surface area contributed by atoms with Crippen LogP contribution in [0, 0.1) is 5.92 Å². The number of amides is 1. The van der Waals surface area contributed by atoms with Crippen molar-refractivity contribution in [3.8, 4) is 0 Å². The van der Waals surface area contributed by atoms with Crippen molar-refractivity contribution in [2.24, 2.45) is 5.92 Å². The van der Waals surface area contributed by atoms with Crippen molar-refractivity contribution < 1.29 is 9.90 Å². The normalized spacial score (nSPS) is 25.8. The summed E-state index contributed by atoms with van der Waals surface area (Å²) in [7, 11) is 4.06. The zero-order valence-electron chi connectivity index (χ0n) is 15.1. The molecule has 1 amide bonds. The topological polar surface area (TPSA) is 50.3 Å². The molecule has 2 atom stereocenters. The molecule has 0 aromatic carbocycles. The maximum atomic E-state index is 12.3. The maximum absolute atomic E-state index is 12.3. The van der Waals surface area contributed by atoms with E-state index < -0.39 is 6.10 Å². The first-order valence-electron chi connectivity index (χ1n) is 8.99. The summed E-state index contributed by atoms with van der Waals surface area (Å²) in [5.41, 5.74) is 0. The summed E-state index contributed by atoms with van der Waals surface area (Å²) in [5, 5.41) is 10.3. The van der Waals surface area contributed by atoms with Gasteiger partial charge >= 0.3 is 0 Å². The average molecular weight is 326 g/mol. The summed E-state index contributed by atoms with van der Waals surface area (Å²) in [6.07, 6.45) is 1.95. The lowest BCUT2D eigenvalue weighted by molar-refractivity contribution is -0.134. The van der Waals surface area contributed by atoms with E-state index in [1.54, 1.807) is 0 Å². The summed E-state index contributed by atoms with van der Waals surface area (Å²) in [6.45, 7) is 9.81. The van der Waals surface area contributed by atoms with Gasteiger partial charge < -0.3 is 14.9 Å². The highest BCUT2D eigenvalue weighted by molar-refractivity contribution is 5.78. The Bertz CT molecular complexity index is 372. The molecule has 2 rings (SSSR count). The van der Waals surface area contributed by atoms with Crippen LogP contribution in [-0.2, 0) is 4.79 Å². The van der Waals surface area contributed by atoms with Crippen LogP contribution in [0.2, 0.25) is 0 Å². The van der Waals surface area contributed by atoms with E-state index in [0.29, 0.717) is 25.6 Å². The first-order chi connectivity index (χ1) is 10.9. The van der Waals surface area contributed by atoms with E-state index in [4.69, 9.17) is 0 Å². The zero-order chi connectivity index (χ0) is 16.8. The van der Waals surface area contributed by atoms with Gasteiger partial charge in [-0.25, -0.2) is 0 Å². The first kappa shape index (κ1) is 18.6. The van der Waals surface area contributed by atoms with Crippen LogP contribution in [-0.4, -0.2) is 110 Å². The molecule has 134 valence electrons. The number of β-amino-alcohol motifs (C(OH)–C–C–N with tert-alkyl or cyclic N) is 1. The Morgan fingerprint density at radius 1 is 1.26 bits per heavy atom. The highest BCUT2D eigenvalue weighted by Gasteiger charge is 2.23. The van der Waals surface area contributed by atoms with Crippen molar-refractivity contribution in [2.75, 3.05) is 73.0 Å². The number of rotatable bonds is 6. The van der Waals surface area contributed by atoms with Crippen LogP contribution in [0.3, 0.4) is 0 Å². The van der Waals surface area contributed by atoms with E-state index in [1.165, 1.54) is 6.42 Å². The van der Waals surface area contributed by atoms with Crippen LogP contribution in [0.15, 0.2) is 0 Å². The average Bonchev–Trinajstić information content (AvgIpc) is 2.49. The number of piperidine rings is 1. The van der Waals surface area contributed by atoms with E-state index in [9.17, 15) is 9.90 Å². The fourth-order valence-electron chi connectivity index (χ4n) is 3.56. The number of piperazine rings is 1. The van der Waals surface area contributed by atoms with Gasteiger partial charge in [-0.2, -0.15) is 0 Å². The van der Waals surface area contributed by atoms with Crippen LogP contribution < -0.4 is 0 Å². The number of aliphatic hydroxyl groups is 1. The van der Waals surface area contributed by atoms with Gasteiger partial charge in [-0.15, -0.1) is 0 Å². The van der Waals surface area contributed by atoms with Gasteiger partial charge in [-0.05, 0) is 32.9 Å². The SMILES string of the molecule is CC1CCCN(C(=O)CN(C)CC(O)CN2CCN(C)CC2)C1. The number of hydrogen-bond donors (Lipinski definition) is 1. The Kier molecular flexibility index (Phi) is 7.27. The summed E-state index contributed by atoms with van der Waals surface area (Å²) < 4.78 is 0. The minimum Gasteiger partial charge on any atom is -0.390 e. The summed E-state index contributed by atoms with van der Waals surface area (Å²) in [5.74, 6) is 0.812. The molecule has 0 spiro atoms. The number of aliphatic hydroxyl groups excluding tert-OH is 1. The fourth-order valence-corrected chi connectivity index (χ4v) is 3.56. The molecule has 0 saturated carbocycles. The molecule has 0 aliphatic carbocycles. The molecule has 0 aromatic heterocycles. The Morgan fingerprint density at radius 3 is 2.61 bits per heavy atom. The molecule has 6 heteroatoms. The molecule has 0 bridgehead atoms. The van der Waals surface area contributed by atoms with E-state index in [2.05, 4.69) is 23.8 Å². The van der Waals surface area contributed by atoms with Gasteiger partial charge in [-0.3, -0.25) is 14.6 Å². The van der Waals surface area contributed by atoms with E-state index in [1.807, 2.05) is 16.8 Å². The molecular formula is C17H34N4O2. The van der Waals surface area contributed by atoms with Crippen LogP contribution in [0.25, 0.3) is 0 Å². The summed E-state index contributed by atoms with van der Waals surface area (Å²) in [6, 6.07) is 0. The van der Waals surface area contributed by atoms with Crippen LogP contribution in [0.5, 0.6) is 0 Å². The second-order valence-corrected chi connectivity index (χ2v) is 7.54. The first-order valence-corrected chi connectivity index (χ1v) is 8.99. The molecular weight excluding hydrogens is 292 g/mol. The minimum atomic E-state index is -0.392. The van der Waals surface area contributed by atoms with Gasteiger partial charge in [0, 0.05) is 52.4 Å². The van der Waals surface area contributed by atoms with Crippen molar-refractivity contribution in [3.05, 3.63) is 0 Å². The molecule has 23 heavy (non-hydrogen) atoms. The van der Waals surface area contributed by atoms with Gasteiger partial charge in [0.1, 0.15) is 0 Å². The molecule has 1 N–H and O–H groups in total. The second kappa shape index (κ2) is 8.97. The molecule has 2 unspecified atom stereocenters. The summed E-state index contributed by atoms with van der Waals surface area (Å²) >= 11 is 0. The molecule has 2 aliphatic heterocycles. The quantitative estimate of drug-likeness (QED) is 0.732. The minimum absolute atomic E-state index is 0.200. The maximum Gasteiger partial charge on any atom is 0.236 e. The molecule has 2 aliphatic rings. The fraction of sp³-hybridized carbons (Fsp3) is 0.941. The highest BCUT2D eigenvalue weighted by Crippen LogP contribution is 2.15. The largest absolute Gasteiger partial charge is 0.390 e. The highest BCUT2D eigenvalue weighted by atomic mass is 16.3. The number of nitrogens with zero attached hydrogens (tertiary/aromatic N) is 4. The summed E-state index contributed by atoms with van der Waals surface area (Å²) in [4.78, 5) is 20.9. The number of carbonyl (C=O) groups is 1. The van der Waals surface area contributed by atoms with Crippen molar-refractivity contribution in [1.82, 2.24) is 19.6 Å². The lowest BCUT2D eigenvalue weighted by atomic mass is 10.0. The molecule has 2 saturated heterocycles. The van der Waals surface area contributed by atoms with E-state index >= 15 is 0 Å². The number of hydrogen-bond acceptors (Lipinski definition) is 5. The van der Waals surface area contributed by atoms with E-state index in [0.717, 1.165) is 45.7 Å². The van der Waals surface area contributed by atoms with Crippen molar-refractivity contribution >= 4 is 5.91 Å². The monoisotopic (exact) mass is 326 g/mol. The molecule has 6 nitrogen and oxygen atoms in total. The number of carbonyl (C=O) groups excluding carboxylic acids is 1. The van der Waals surface area contributed by atoms with Crippen molar-refractivity contribution in [3.63, 3.8) is 0 Å². The van der Waals surface area contributed by atoms with Crippen LogP contribution >= 0.6 is 0 Å². The van der Waals surface area contributed by atoms with Gasteiger partial charge in [0.25, 0.3) is 0 Å². The third kappa shape index (κ3) is 6.37. The lowest BCUT2D eigenvalue weighted by Crippen LogP contribution is -2.49. The van der Waals surface area contributed by atoms with Gasteiger partial charge in [-0.1, -0.05) is 6.92 Å². The number of likely N-dealkylation sites (N-methyl/N-ethyl adjacent to an activating group) is 2. The molecule has 0 aromatic rings. The Balaban J connectivity index is 1.67. The smallest absolute Gasteiger partial charge is 0.236 e. The number of likely N-dealkylation sites (tertiary alicyclic amines) is 1. The predicted molar refractivity (Wildman–Crippen MR) is 92.4 cm³/mol. The van der Waals surface area contributed by atoms with E-state index in [-0.39, 0.29) is 5.91 Å². The van der Waals surface area contributed by atoms with Gasteiger partial charge in [0.05, 0.1) is 12.6 Å². The van der Waals surface area contributed by atoms with Gasteiger partial charge in [0.2, 0.25) is 5.91 Å². The Hall–Kier alpha value is -0.690. The molecule has 2 heterocycles. The molecule has 2 fully saturated rings. The Labute approximate surface area is 141 Å². The zero-order valence-corrected chi connectivity index (χ0v) is 15.1. The third-order valence-electron chi connectivity index (χ3n) is 5.00. The second-order valence-electron chi connectivity index (χ2n) is 7.54. The third-order valence-corrected chi connectivity index (χ3v) is 5.00. The van der Waals surface area contributed by atoms with Gasteiger partial charge in [0.15, 0.2) is 0 Å². The molecule has 0 radical (unpaired) electrons. The Morgan fingerprint density at radius 2 is 1.96 bits per heavy atom. The van der Waals surface area contributed by atoms with Crippen molar-refractivity contribution in [2.45, 2.75) is 25.9 Å². The van der Waals surface area contributed by atoms with Crippen molar-refractivity contribution in [1.29, 1.82) is 0 Å². The lowest BCUT2D eigenvalue weighted by Gasteiger charge is -2.35.